The van der Waals surface area contributed by atoms with Gasteiger partial charge in [0.05, 0.1) is 19.3 Å². The van der Waals surface area contributed by atoms with Crippen molar-refractivity contribution in [3.8, 4) is 11.9 Å². The fourth-order valence-electron chi connectivity index (χ4n) is 3.40. The molecular weight excluding hydrogens is 346 g/mol. The number of hydrogen-bond acceptors (Lipinski definition) is 6. The van der Waals surface area contributed by atoms with Gasteiger partial charge < -0.3 is 14.4 Å². The molecule has 1 atom stereocenters. The number of fused-ring (bicyclic) bond motifs is 1. The smallest absolute Gasteiger partial charge is 0.319 e. The van der Waals surface area contributed by atoms with Crippen LogP contribution in [0.15, 0.2) is 36.7 Å². The summed E-state index contributed by atoms with van der Waals surface area (Å²) in [7, 11) is 1.51. The van der Waals surface area contributed by atoms with Crippen molar-refractivity contribution in [2.75, 3.05) is 20.2 Å². The molecule has 4 heterocycles. The summed E-state index contributed by atoms with van der Waals surface area (Å²) in [6.45, 7) is 3.07. The monoisotopic (exact) mass is 367 g/mol. The number of carbonyl (C=O) groups excluding carboxylic acids is 1. The number of rotatable bonds is 4. The number of hydrogen-bond donors (Lipinski definition) is 0. The van der Waals surface area contributed by atoms with Crippen LogP contribution in [0, 0.1) is 6.92 Å². The second-order valence-corrected chi connectivity index (χ2v) is 6.49. The topological polar surface area (TPSA) is 81.9 Å². The van der Waals surface area contributed by atoms with Crippen LogP contribution in [0.4, 0.5) is 0 Å². The Hall–Kier alpha value is -3.16. The third-order valence-corrected chi connectivity index (χ3v) is 4.65. The molecule has 0 N–H and O–H groups in total. The number of nitrogens with zero attached hydrogens (tertiary/aromatic N) is 5. The number of ether oxygens (including phenoxy) is 2. The molecule has 4 rings (SSSR count). The third kappa shape index (κ3) is 3.42. The highest BCUT2D eigenvalue weighted by Crippen LogP contribution is 2.21. The molecule has 0 aliphatic carbocycles. The van der Waals surface area contributed by atoms with E-state index in [1.807, 2.05) is 40.6 Å². The third-order valence-electron chi connectivity index (χ3n) is 4.65. The maximum atomic E-state index is 13.2. The van der Waals surface area contributed by atoms with Crippen LogP contribution >= 0.6 is 0 Å². The van der Waals surface area contributed by atoms with Crippen LogP contribution in [0.25, 0.3) is 5.65 Å². The van der Waals surface area contributed by atoms with E-state index in [4.69, 9.17) is 9.47 Å². The molecular formula is C19H21N5O3. The first-order valence-electron chi connectivity index (χ1n) is 8.92. The highest BCUT2D eigenvalue weighted by Gasteiger charge is 2.29. The number of piperidine rings is 1. The van der Waals surface area contributed by atoms with Crippen molar-refractivity contribution in [1.29, 1.82) is 0 Å². The molecule has 0 saturated carbocycles. The summed E-state index contributed by atoms with van der Waals surface area (Å²) in [5.74, 6) is 0.423. The standard InChI is InChI=1S/C19H21N5O3/c1-13-17(24-11-4-3-7-15(24)21-13)18(25)23-10-5-6-14(12-23)27-16-8-9-20-19(22-16)26-2/h3-4,7-9,11,14H,5-6,10,12H2,1-2H3. The Labute approximate surface area is 156 Å². The van der Waals surface area contributed by atoms with Crippen molar-refractivity contribution < 1.29 is 14.3 Å². The van der Waals surface area contributed by atoms with E-state index in [9.17, 15) is 4.79 Å². The average Bonchev–Trinajstić information content (AvgIpc) is 3.03. The zero-order valence-electron chi connectivity index (χ0n) is 15.3. The molecule has 8 nitrogen and oxygen atoms in total. The van der Waals surface area contributed by atoms with E-state index in [-0.39, 0.29) is 18.0 Å². The minimum absolute atomic E-state index is 0.0280. The molecule has 1 aliphatic rings. The van der Waals surface area contributed by atoms with E-state index in [1.54, 1.807) is 12.3 Å². The number of amides is 1. The summed E-state index contributed by atoms with van der Waals surface area (Å²) >= 11 is 0. The van der Waals surface area contributed by atoms with E-state index < -0.39 is 0 Å². The lowest BCUT2D eigenvalue weighted by Gasteiger charge is -2.32. The van der Waals surface area contributed by atoms with Gasteiger partial charge in [-0.2, -0.15) is 4.98 Å². The van der Waals surface area contributed by atoms with E-state index in [1.165, 1.54) is 7.11 Å². The second kappa shape index (κ2) is 7.22. The van der Waals surface area contributed by atoms with Crippen molar-refractivity contribution in [1.82, 2.24) is 24.3 Å². The van der Waals surface area contributed by atoms with Crippen molar-refractivity contribution in [2.45, 2.75) is 25.9 Å². The Bertz CT molecular complexity index is 971. The molecule has 0 radical (unpaired) electrons. The van der Waals surface area contributed by atoms with Crippen LogP contribution in [0.3, 0.4) is 0 Å². The van der Waals surface area contributed by atoms with Gasteiger partial charge in [0.15, 0.2) is 0 Å². The van der Waals surface area contributed by atoms with Gasteiger partial charge in [0.2, 0.25) is 5.88 Å². The molecule has 1 saturated heterocycles. The quantitative estimate of drug-likeness (QED) is 0.703. The van der Waals surface area contributed by atoms with Crippen molar-refractivity contribution in [3.63, 3.8) is 0 Å². The number of imidazole rings is 1. The molecule has 0 aromatic carbocycles. The Morgan fingerprint density at radius 1 is 1.26 bits per heavy atom. The fraction of sp³-hybridized carbons (Fsp3) is 0.368. The molecule has 0 spiro atoms. The molecule has 27 heavy (non-hydrogen) atoms. The summed E-state index contributed by atoms with van der Waals surface area (Å²) in [4.78, 5) is 27.6. The first-order valence-corrected chi connectivity index (χ1v) is 8.92. The first kappa shape index (κ1) is 17.3. The molecule has 8 heteroatoms. The van der Waals surface area contributed by atoms with Crippen LogP contribution in [0.1, 0.15) is 29.0 Å². The number of pyridine rings is 1. The molecule has 1 aliphatic heterocycles. The van der Waals surface area contributed by atoms with Crippen LogP contribution in [-0.2, 0) is 0 Å². The van der Waals surface area contributed by atoms with Crippen LogP contribution < -0.4 is 9.47 Å². The lowest BCUT2D eigenvalue weighted by Crippen LogP contribution is -2.45. The van der Waals surface area contributed by atoms with Gasteiger partial charge in [-0.25, -0.2) is 9.97 Å². The van der Waals surface area contributed by atoms with Gasteiger partial charge in [0.25, 0.3) is 5.91 Å². The number of carbonyl (C=O) groups is 1. The van der Waals surface area contributed by atoms with Gasteiger partial charge in [-0.3, -0.25) is 9.20 Å². The number of methoxy groups -OCH3 is 1. The minimum Gasteiger partial charge on any atom is -0.472 e. The van der Waals surface area contributed by atoms with Gasteiger partial charge in [0.1, 0.15) is 17.4 Å². The van der Waals surface area contributed by atoms with Gasteiger partial charge >= 0.3 is 6.01 Å². The summed E-state index contributed by atoms with van der Waals surface area (Å²) in [6, 6.07) is 7.66. The molecule has 1 fully saturated rings. The normalized spacial score (nSPS) is 17.1. The van der Waals surface area contributed by atoms with Crippen LogP contribution in [0.5, 0.6) is 11.9 Å². The molecule has 1 unspecified atom stereocenters. The summed E-state index contributed by atoms with van der Waals surface area (Å²) in [5.41, 5.74) is 2.11. The highest BCUT2D eigenvalue weighted by atomic mass is 16.5. The summed E-state index contributed by atoms with van der Waals surface area (Å²) in [6.07, 6.45) is 5.07. The largest absolute Gasteiger partial charge is 0.472 e. The zero-order chi connectivity index (χ0) is 18.8. The predicted octanol–water partition coefficient (Wildman–Crippen LogP) is 2.12. The van der Waals surface area contributed by atoms with E-state index in [0.29, 0.717) is 24.7 Å². The molecule has 3 aromatic rings. The van der Waals surface area contributed by atoms with Crippen LogP contribution in [0.2, 0.25) is 0 Å². The predicted molar refractivity (Wildman–Crippen MR) is 98.1 cm³/mol. The Kier molecular flexibility index (Phi) is 4.62. The number of aryl methyl sites for hydroxylation is 1. The first-order chi connectivity index (χ1) is 13.2. The van der Waals surface area contributed by atoms with Gasteiger partial charge in [-0.05, 0) is 31.9 Å². The number of aromatic nitrogens is 4. The van der Waals surface area contributed by atoms with E-state index in [2.05, 4.69) is 15.0 Å². The van der Waals surface area contributed by atoms with Crippen LogP contribution in [-0.4, -0.2) is 56.5 Å². The summed E-state index contributed by atoms with van der Waals surface area (Å²) in [5, 5.41) is 0. The highest BCUT2D eigenvalue weighted by molar-refractivity contribution is 5.94. The van der Waals surface area contributed by atoms with E-state index in [0.717, 1.165) is 24.2 Å². The van der Waals surface area contributed by atoms with Gasteiger partial charge in [0, 0.05) is 25.0 Å². The molecule has 0 bridgehead atoms. The van der Waals surface area contributed by atoms with Gasteiger partial charge in [-0.15, -0.1) is 0 Å². The lowest BCUT2D eigenvalue weighted by molar-refractivity contribution is 0.0519. The summed E-state index contributed by atoms with van der Waals surface area (Å²) < 4.78 is 12.8. The average molecular weight is 367 g/mol. The number of likely N-dealkylation sites (tertiary alicyclic amines) is 1. The maximum Gasteiger partial charge on any atom is 0.319 e. The van der Waals surface area contributed by atoms with Crippen molar-refractivity contribution in [3.05, 3.63) is 48.0 Å². The van der Waals surface area contributed by atoms with E-state index >= 15 is 0 Å². The van der Waals surface area contributed by atoms with Crippen molar-refractivity contribution >= 4 is 11.6 Å². The van der Waals surface area contributed by atoms with Crippen molar-refractivity contribution in [2.24, 2.45) is 0 Å². The molecule has 140 valence electrons. The SMILES string of the molecule is COc1nccc(OC2CCCN(C(=O)c3c(C)nc4ccccn34)C2)n1. The zero-order valence-corrected chi connectivity index (χ0v) is 15.3. The second-order valence-electron chi connectivity index (χ2n) is 6.49. The Morgan fingerprint density at radius 3 is 3.00 bits per heavy atom. The molecule has 1 amide bonds. The lowest BCUT2D eigenvalue weighted by atomic mass is 10.1. The van der Waals surface area contributed by atoms with Gasteiger partial charge in [-0.1, -0.05) is 6.07 Å². The molecule has 3 aromatic heterocycles. The maximum absolute atomic E-state index is 13.2. The fourth-order valence-corrected chi connectivity index (χ4v) is 3.40. The Morgan fingerprint density at radius 2 is 2.15 bits per heavy atom. The minimum atomic E-state index is -0.123. The Balaban J connectivity index is 1.52.